The van der Waals surface area contributed by atoms with Crippen LogP contribution in [0.4, 0.5) is 4.79 Å². The van der Waals surface area contributed by atoms with Crippen LogP contribution in [-0.2, 0) is 11.3 Å². The van der Waals surface area contributed by atoms with Gasteiger partial charge in [0.2, 0.25) is 0 Å². The lowest BCUT2D eigenvalue weighted by molar-refractivity contribution is -0.00981. The zero-order valence-corrected chi connectivity index (χ0v) is 12.3. The molecule has 0 bridgehead atoms. The number of aromatic nitrogens is 2. The maximum absolute atomic E-state index is 11.6. The molecule has 1 amide bonds. The summed E-state index contributed by atoms with van der Waals surface area (Å²) in [6.07, 6.45) is 5.27. The molecule has 0 aliphatic carbocycles. The van der Waals surface area contributed by atoms with E-state index in [-0.39, 0.29) is 11.7 Å². The molecule has 0 radical (unpaired) electrons. The van der Waals surface area contributed by atoms with Gasteiger partial charge in [0.25, 0.3) is 0 Å². The molecule has 20 heavy (non-hydrogen) atoms. The van der Waals surface area contributed by atoms with Gasteiger partial charge in [-0.2, -0.15) is 5.10 Å². The number of carbonyl (C=O) groups excluding carboxylic acids is 1. The number of piperidine rings is 1. The lowest BCUT2D eigenvalue weighted by Gasteiger charge is -2.38. The fourth-order valence-corrected chi connectivity index (χ4v) is 3.25. The SMILES string of the molecule is CN1CC2(CCCN(CCn3cc(Cl)cn3)C2)OC1=O. The van der Waals surface area contributed by atoms with E-state index >= 15 is 0 Å². The predicted molar refractivity (Wildman–Crippen MR) is 74.8 cm³/mol. The summed E-state index contributed by atoms with van der Waals surface area (Å²) in [4.78, 5) is 15.6. The maximum atomic E-state index is 11.6. The van der Waals surface area contributed by atoms with Gasteiger partial charge in [-0.3, -0.25) is 9.58 Å². The van der Waals surface area contributed by atoms with Gasteiger partial charge in [0.05, 0.1) is 24.3 Å². The van der Waals surface area contributed by atoms with E-state index in [9.17, 15) is 4.79 Å². The number of hydrogen-bond donors (Lipinski definition) is 0. The number of ether oxygens (including phenoxy) is 1. The molecule has 1 aromatic heterocycles. The summed E-state index contributed by atoms with van der Waals surface area (Å²) in [6.45, 7) is 4.22. The van der Waals surface area contributed by atoms with E-state index in [0.717, 1.165) is 39.0 Å². The molecule has 1 spiro atoms. The number of carbonyl (C=O) groups is 1. The van der Waals surface area contributed by atoms with Crippen LogP contribution in [0.25, 0.3) is 0 Å². The van der Waals surface area contributed by atoms with Crippen LogP contribution in [0.2, 0.25) is 5.02 Å². The second-order valence-corrected chi connectivity index (χ2v) is 6.14. The minimum atomic E-state index is -0.314. The van der Waals surface area contributed by atoms with Crippen molar-refractivity contribution in [3.05, 3.63) is 17.4 Å². The Morgan fingerprint density at radius 2 is 2.30 bits per heavy atom. The van der Waals surface area contributed by atoms with Crippen LogP contribution < -0.4 is 0 Å². The standard InChI is InChI=1S/C13H19ClN4O2/c1-16-9-13(20-12(16)19)3-2-4-17(10-13)5-6-18-8-11(14)7-15-18/h7-8H,2-6,9-10H2,1H3. The van der Waals surface area contributed by atoms with Gasteiger partial charge in [-0.25, -0.2) is 4.79 Å². The molecule has 6 nitrogen and oxygen atoms in total. The van der Waals surface area contributed by atoms with E-state index in [0.29, 0.717) is 11.6 Å². The molecule has 7 heteroatoms. The quantitative estimate of drug-likeness (QED) is 0.847. The lowest BCUT2D eigenvalue weighted by Crippen LogP contribution is -2.51. The minimum Gasteiger partial charge on any atom is -0.440 e. The van der Waals surface area contributed by atoms with E-state index in [4.69, 9.17) is 16.3 Å². The van der Waals surface area contributed by atoms with Crippen molar-refractivity contribution in [1.29, 1.82) is 0 Å². The van der Waals surface area contributed by atoms with Crippen molar-refractivity contribution in [3.8, 4) is 0 Å². The van der Waals surface area contributed by atoms with E-state index in [1.165, 1.54) is 0 Å². The summed E-state index contributed by atoms with van der Waals surface area (Å²) >= 11 is 5.85. The molecule has 0 N–H and O–H groups in total. The van der Waals surface area contributed by atoms with Crippen LogP contribution >= 0.6 is 11.6 Å². The molecule has 1 atom stereocenters. The Kier molecular flexibility index (Phi) is 3.60. The summed E-state index contributed by atoms with van der Waals surface area (Å²) < 4.78 is 7.43. The van der Waals surface area contributed by atoms with Gasteiger partial charge >= 0.3 is 6.09 Å². The van der Waals surface area contributed by atoms with Crippen molar-refractivity contribution < 1.29 is 9.53 Å². The first-order valence-electron chi connectivity index (χ1n) is 6.91. The number of nitrogens with zero attached hydrogens (tertiary/aromatic N) is 4. The first kappa shape index (κ1) is 13.7. The molecule has 0 saturated carbocycles. The van der Waals surface area contributed by atoms with E-state index in [1.54, 1.807) is 18.1 Å². The number of halogens is 1. The molecule has 3 rings (SSSR count). The minimum absolute atomic E-state index is 0.203. The fraction of sp³-hybridized carbons (Fsp3) is 0.692. The van der Waals surface area contributed by atoms with Gasteiger partial charge in [0.1, 0.15) is 5.60 Å². The molecule has 1 aromatic rings. The van der Waals surface area contributed by atoms with E-state index < -0.39 is 0 Å². The van der Waals surface area contributed by atoms with Crippen LogP contribution in [0.1, 0.15) is 12.8 Å². The summed E-state index contributed by atoms with van der Waals surface area (Å²) in [5.74, 6) is 0. The monoisotopic (exact) mass is 298 g/mol. The summed E-state index contributed by atoms with van der Waals surface area (Å²) in [7, 11) is 1.79. The number of likely N-dealkylation sites (tertiary alicyclic amines) is 1. The lowest BCUT2D eigenvalue weighted by atomic mass is 9.93. The summed E-state index contributed by atoms with van der Waals surface area (Å²) in [5.41, 5.74) is -0.314. The Morgan fingerprint density at radius 3 is 2.95 bits per heavy atom. The predicted octanol–water partition coefficient (Wildman–Crippen LogP) is 1.45. The van der Waals surface area contributed by atoms with Crippen LogP contribution in [0.5, 0.6) is 0 Å². The Morgan fingerprint density at radius 1 is 1.45 bits per heavy atom. The van der Waals surface area contributed by atoms with Gasteiger partial charge in [-0.1, -0.05) is 11.6 Å². The Labute approximate surface area is 123 Å². The average molecular weight is 299 g/mol. The zero-order valence-electron chi connectivity index (χ0n) is 11.6. The number of hydrogen-bond acceptors (Lipinski definition) is 4. The molecular formula is C13H19ClN4O2. The Hall–Kier alpha value is -1.27. The Balaban J connectivity index is 1.57. The highest BCUT2D eigenvalue weighted by Gasteiger charge is 2.46. The van der Waals surface area contributed by atoms with Crippen LogP contribution in [0.3, 0.4) is 0 Å². The van der Waals surface area contributed by atoms with Crippen LogP contribution in [-0.4, -0.2) is 64.5 Å². The van der Waals surface area contributed by atoms with Gasteiger partial charge in [-0.15, -0.1) is 0 Å². The van der Waals surface area contributed by atoms with Crippen molar-refractivity contribution in [2.45, 2.75) is 25.0 Å². The van der Waals surface area contributed by atoms with Gasteiger partial charge in [-0.05, 0) is 19.4 Å². The second kappa shape index (κ2) is 5.26. The zero-order chi connectivity index (χ0) is 14.2. The van der Waals surface area contributed by atoms with Crippen molar-refractivity contribution in [2.75, 3.05) is 33.2 Å². The summed E-state index contributed by atoms with van der Waals surface area (Å²) in [6, 6.07) is 0. The molecular weight excluding hydrogens is 280 g/mol. The van der Waals surface area contributed by atoms with Crippen LogP contribution in [0, 0.1) is 0 Å². The third-order valence-electron chi connectivity index (χ3n) is 4.01. The van der Waals surface area contributed by atoms with Crippen molar-refractivity contribution in [1.82, 2.24) is 19.6 Å². The molecule has 2 aliphatic heterocycles. The van der Waals surface area contributed by atoms with Gasteiger partial charge < -0.3 is 9.64 Å². The summed E-state index contributed by atoms with van der Waals surface area (Å²) in [5, 5.41) is 4.84. The molecule has 0 aromatic carbocycles. The van der Waals surface area contributed by atoms with Crippen molar-refractivity contribution in [3.63, 3.8) is 0 Å². The molecule has 1 unspecified atom stereocenters. The largest absolute Gasteiger partial charge is 0.440 e. The smallest absolute Gasteiger partial charge is 0.410 e. The highest BCUT2D eigenvalue weighted by atomic mass is 35.5. The first-order valence-corrected chi connectivity index (χ1v) is 7.29. The third kappa shape index (κ3) is 2.76. The Bertz CT molecular complexity index is 506. The normalized spacial score (nSPS) is 27.3. The van der Waals surface area contributed by atoms with Gasteiger partial charge in [0.15, 0.2) is 0 Å². The number of rotatable bonds is 3. The van der Waals surface area contributed by atoms with E-state index in [2.05, 4.69) is 10.00 Å². The molecule has 2 fully saturated rings. The highest BCUT2D eigenvalue weighted by molar-refractivity contribution is 6.30. The average Bonchev–Trinajstić information content (AvgIpc) is 2.92. The molecule has 2 aliphatic rings. The van der Waals surface area contributed by atoms with E-state index in [1.807, 2.05) is 10.9 Å². The fourth-order valence-electron chi connectivity index (χ4n) is 3.09. The van der Waals surface area contributed by atoms with Crippen LogP contribution in [0.15, 0.2) is 12.4 Å². The number of likely N-dealkylation sites (N-methyl/N-ethyl adjacent to an activating group) is 1. The maximum Gasteiger partial charge on any atom is 0.410 e. The second-order valence-electron chi connectivity index (χ2n) is 5.71. The van der Waals surface area contributed by atoms with Crippen molar-refractivity contribution in [2.24, 2.45) is 0 Å². The number of amides is 1. The molecule has 2 saturated heterocycles. The van der Waals surface area contributed by atoms with Gasteiger partial charge in [0, 0.05) is 26.3 Å². The topological polar surface area (TPSA) is 50.6 Å². The first-order chi connectivity index (χ1) is 9.56. The van der Waals surface area contributed by atoms with Crippen molar-refractivity contribution >= 4 is 17.7 Å². The molecule has 3 heterocycles. The highest BCUT2D eigenvalue weighted by Crippen LogP contribution is 2.31. The third-order valence-corrected chi connectivity index (χ3v) is 4.20. The molecule has 110 valence electrons.